The largest absolute Gasteiger partial charge is 0.274 e. The van der Waals surface area contributed by atoms with Gasteiger partial charge in [-0.1, -0.05) is 28.1 Å². The van der Waals surface area contributed by atoms with E-state index in [1.54, 1.807) is 0 Å². The van der Waals surface area contributed by atoms with Gasteiger partial charge in [0.05, 0.1) is 6.61 Å². The summed E-state index contributed by atoms with van der Waals surface area (Å²) in [5.41, 5.74) is 3.68. The Morgan fingerprint density at radius 3 is 2.81 bits per heavy atom. The molecule has 1 aliphatic carbocycles. The summed E-state index contributed by atoms with van der Waals surface area (Å²) in [6.45, 7) is 2.35. The summed E-state index contributed by atoms with van der Waals surface area (Å²) in [6.07, 6.45) is 0.917. The van der Waals surface area contributed by atoms with Gasteiger partial charge in [0.2, 0.25) is 5.91 Å². The SMILES string of the molecule is CCONC(=O)C1CC1c1ccc(Br)cc1. The van der Waals surface area contributed by atoms with Gasteiger partial charge in [0.15, 0.2) is 0 Å². The molecular formula is C12H14BrNO2. The lowest BCUT2D eigenvalue weighted by Gasteiger charge is -2.03. The normalized spacial score (nSPS) is 22.9. The standard InChI is InChI=1S/C12H14BrNO2/c1-2-16-14-12(15)11-7-10(11)8-3-5-9(13)6-4-8/h3-6,10-11H,2,7H2,1H3,(H,14,15). The summed E-state index contributed by atoms with van der Waals surface area (Å²) in [4.78, 5) is 16.5. The molecule has 2 unspecified atom stereocenters. The van der Waals surface area contributed by atoms with Crippen molar-refractivity contribution in [2.75, 3.05) is 6.61 Å². The van der Waals surface area contributed by atoms with E-state index >= 15 is 0 Å². The van der Waals surface area contributed by atoms with Crippen LogP contribution in [0.3, 0.4) is 0 Å². The fourth-order valence-electron chi connectivity index (χ4n) is 1.78. The second kappa shape index (κ2) is 4.97. The molecule has 1 aromatic carbocycles. The van der Waals surface area contributed by atoms with Crippen LogP contribution in [0, 0.1) is 5.92 Å². The number of nitrogens with one attached hydrogen (secondary N) is 1. The van der Waals surface area contributed by atoms with Crippen molar-refractivity contribution in [2.45, 2.75) is 19.3 Å². The Balaban J connectivity index is 1.91. The smallest absolute Gasteiger partial charge is 0.247 e. The minimum Gasteiger partial charge on any atom is -0.274 e. The van der Waals surface area contributed by atoms with Crippen molar-refractivity contribution in [2.24, 2.45) is 5.92 Å². The molecule has 0 saturated heterocycles. The van der Waals surface area contributed by atoms with Crippen LogP contribution in [0.5, 0.6) is 0 Å². The van der Waals surface area contributed by atoms with Crippen LogP contribution in [-0.2, 0) is 9.63 Å². The van der Waals surface area contributed by atoms with E-state index in [-0.39, 0.29) is 11.8 Å². The zero-order valence-corrected chi connectivity index (χ0v) is 10.7. The summed E-state index contributed by atoms with van der Waals surface area (Å²) in [7, 11) is 0. The molecule has 16 heavy (non-hydrogen) atoms. The molecule has 0 bridgehead atoms. The van der Waals surface area contributed by atoms with Gasteiger partial charge in [-0.05, 0) is 37.0 Å². The third-order valence-electron chi connectivity index (χ3n) is 2.74. The third-order valence-corrected chi connectivity index (χ3v) is 3.27. The molecule has 0 radical (unpaired) electrons. The highest BCUT2D eigenvalue weighted by Gasteiger charge is 2.43. The van der Waals surface area contributed by atoms with Crippen LogP contribution in [0.4, 0.5) is 0 Å². The van der Waals surface area contributed by atoms with E-state index in [1.165, 1.54) is 5.56 Å². The lowest BCUT2D eigenvalue weighted by atomic mass is 10.1. The fraction of sp³-hybridized carbons (Fsp3) is 0.417. The van der Waals surface area contributed by atoms with Crippen LogP contribution in [0.25, 0.3) is 0 Å². The topological polar surface area (TPSA) is 38.3 Å². The number of amides is 1. The molecule has 86 valence electrons. The number of carbonyl (C=O) groups is 1. The molecular weight excluding hydrogens is 270 g/mol. The second-order valence-electron chi connectivity index (χ2n) is 3.90. The molecule has 3 nitrogen and oxygen atoms in total. The van der Waals surface area contributed by atoms with Crippen molar-refractivity contribution in [3.05, 3.63) is 34.3 Å². The van der Waals surface area contributed by atoms with Crippen molar-refractivity contribution in [3.8, 4) is 0 Å². The van der Waals surface area contributed by atoms with Gasteiger partial charge in [0.25, 0.3) is 0 Å². The Labute approximate surface area is 103 Å². The number of hydrogen-bond donors (Lipinski definition) is 1. The number of carbonyl (C=O) groups excluding carboxylic acids is 1. The van der Waals surface area contributed by atoms with Gasteiger partial charge in [-0.3, -0.25) is 9.63 Å². The van der Waals surface area contributed by atoms with E-state index in [0.29, 0.717) is 12.5 Å². The highest BCUT2D eigenvalue weighted by Crippen LogP contribution is 2.47. The monoisotopic (exact) mass is 283 g/mol. The zero-order valence-electron chi connectivity index (χ0n) is 9.07. The molecule has 2 rings (SSSR count). The van der Waals surface area contributed by atoms with Crippen LogP contribution in [0.2, 0.25) is 0 Å². The maximum atomic E-state index is 11.6. The fourth-order valence-corrected chi connectivity index (χ4v) is 2.05. The van der Waals surface area contributed by atoms with Gasteiger partial charge in [-0.2, -0.15) is 0 Å². The van der Waals surface area contributed by atoms with Crippen molar-refractivity contribution in [1.82, 2.24) is 5.48 Å². The van der Waals surface area contributed by atoms with Gasteiger partial charge in [0, 0.05) is 10.4 Å². The Morgan fingerprint density at radius 2 is 2.19 bits per heavy atom. The molecule has 0 spiro atoms. The first kappa shape index (κ1) is 11.6. The van der Waals surface area contributed by atoms with Gasteiger partial charge < -0.3 is 0 Å². The van der Waals surface area contributed by atoms with E-state index < -0.39 is 0 Å². The maximum Gasteiger partial charge on any atom is 0.247 e. The number of hydroxylamine groups is 1. The number of rotatable bonds is 4. The first-order chi connectivity index (χ1) is 7.72. The average molecular weight is 284 g/mol. The highest BCUT2D eigenvalue weighted by molar-refractivity contribution is 9.10. The number of hydrogen-bond acceptors (Lipinski definition) is 2. The summed E-state index contributed by atoms with van der Waals surface area (Å²) in [6, 6.07) is 8.13. The molecule has 0 aliphatic heterocycles. The van der Waals surface area contributed by atoms with E-state index in [9.17, 15) is 4.79 Å². The minimum absolute atomic E-state index is 0.00484. The Hall–Kier alpha value is -0.870. The van der Waals surface area contributed by atoms with Gasteiger partial charge in [0.1, 0.15) is 0 Å². The van der Waals surface area contributed by atoms with Gasteiger partial charge in [-0.25, -0.2) is 5.48 Å². The first-order valence-corrected chi connectivity index (χ1v) is 6.18. The lowest BCUT2D eigenvalue weighted by molar-refractivity contribution is -0.134. The van der Waals surface area contributed by atoms with E-state index in [2.05, 4.69) is 33.5 Å². The Bertz CT molecular complexity index is 377. The van der Waals surface area contributed by atoms with Crippen LogP contribution >= 0.6 is 15.9 Å². The quantitative estimate of drug-likeness (QED) is 0.863. The Kier molecular flexibility index (Phi) is 3.61. The van der Waals surface area contributed by atoms with Gasteiger partial charge in [-0.15, -0.1) is 0 Å². The Morgan fingerprint density at radius 1 is 1.50 bits per heavy atom. The van der Waals surface area contributed by atoms with Crippen molar-refractivity contribution < 1.29 is 9.63 Å². The van der Waals surface area contributed by atoms with E-state index in [4.69, 9.17) is 4.84 Å². The van der Waals surface area contributed by atoms with Crippen LogP contribution in [-0.4, -0.2) is 12.5 Å². The second-order valence-corrected chi connectivity index (χ2v) is 4.82. The maximum absolute atomic E-state index is 11.6. The molecule has 1 aliphatic rings. The van der Waals surface area contributed by atoms with Crippen molar-refractivity contribution >= 4 is 21.8 Å². The van der Waals surface area contributed by atoms with Crippen LogP contribution in [0.15, 0.2) is 28.7 Å². The molecule has 1 aromatic rings. The van der Waals surface area contributed by atoms with Crippen molar-refractivity contribution in [1.29, 1.82) is 0 Å². The molecule has 0 heterocycles. The highest BCUT2D eigenvalue weighted by atomic mass is 79.9. The van der Waals surface area contributed by atoms with Crippen molar-refractivity contribution in [3.63, 3.8) is 0 Å². The number of benzene rings is 1. The van der Waals surface area contributed by atoms with Gasteiger partial charge >= 0.3 is 0 Å². The molecule has 4 heteroatoms. The summed E-state index contributed by atoms with van der Waals surface area (Å²) < 4.78 is 1.06. The third kappa shape index (κ3) is 2.62. The minimum atomic E-state index is -0.00484. The van der Waals surface area contributed by atoms with E-state index in [0.717, 1.165) is 10.9 Å². The van der Waals surface area contributed by atoms with Crippen LogP contribution in [0.1, 0.15) is 24.8 Å². The predicted molar refractivity (Wildman–Crippen MR) is 64.8 cm³/mol. The molecule has 1 amide bonds. The molecule has 1 saturated carbocycles. The van der Waals surface area contributed by atoms with Crippen LogP contribution < -0.4 is 5.48 Å². The summed E-state index contributed by atoms with van der Waals surface area (Å²) in [5, 5.41) is 0. The molecule has 1 fully saturated rings. The summed E-state index contributed by atoms with van der Waals surface area (Å²) in [5.74, 6) is 0.427. The molecule has 1 N–H and O–H groups in total. The van der Waals surface area contributed by atoms with E-state index in [1.807, 2.05) is 19.1 Å². The number of halogens is 1. The lowest BCUT2D eigenvalue weighted by Crippen LogP contribution is -2.25. The summed E-state index contributed by atoms with van der Waals surface area (Å²) >= 11 is 3.39. The predicted octanol–water partition coefficient (Wildman–Crippen LogP) is 2.62. The molecule has 2 atom stereocenters. The average Bonchev–Trinajstić information content (AvgIpc) is 3.07. The first-order valence-electron chi connectivity index (χ1n) is 5.39. The zero-order chi connectivity index (χ0) is 11.5. The molecule has 0 aromatic heterocycles.